The highest BCUT2D eigenvalue weighted by Crippen LogP contribution is 2.32. The van der Waals surface area contributed by atoms with Crippen LogP contribution < -0.4 is 32.0 Å². The maximum atomic E-state index is 12.7. The molecule has 3 unspecified atom stereocenters. The van der Waals surface area contributed by atoms with E-state index in [0.717, 1.165) is 11.3 Å². The van der Waals surface area contributed by atoms with Crippen LogP contribution in [0.15, 0.2) is 58.1 Å². The van der Waals surface area contributed by atoms with Crippen molar-refractivity contribution in [3.8, 4) is 5.75 Å². The van der Waals surface area contributed by atoms with Gasteiger partial charge in [-0.2, -0.15) is 0 Å². The first-order valence-corrected chi connectivity index (χ1v) is 10.6. The average molecular weight is 438 g/mol. The summed E-state index contributed by atoms with van der Waals surface area (Å²) in [5.41, 5.74) is 7.48. The molecule has 0 saturated carbocycles. The van der Waals surface area contributed by atoms with Crippen LogP contribution in [-0.2, 0) is 11.3 Å². The van der Waals surface area contributed by atoms with Crippen LogP contribution in [0.25, 0.3) is 11.0 Å². The molecule has 4 rings (SSSR count). The highest BCUT2D eigenvalue weighted by Gasteiger charge is 2.35. The van der Waals surface area contributed by atoms with Crippen molar-refractivity contribution in [2.24, 2.45) is 5.92 Å². The molecule has 1 aliphatic heterocycles. The van der Waals surface area contributed by atoms with Crippen molar-refractivity contribution in [3.05, 3.63) is 74.8 Å². The summed E-state index contributed by atoms with van der Waals surface area (Å²) in [4.78, 5) is 39.5. The molecular formula is C23H27N5O4. The molecule has 1 saturated heterocycles. The van der Waals surface area contributed by atoms with Gasteiger partial charge in [0.1, 0.15) is 5.75 Å². The van der Waals surface area contributed by atoms with Gasteiger partial charge in [0.15, 0.2) is 0 Å². The lowest BCUT2D eigenvalue weighted by Gasteiger charge is -2.21. The Morgan fingerprint density at radius 2 is 1.84 bits per heavy atom. The first-order chi connectivity index (χ1) is 15.5. The van der Waals surface area contributed by atoms with Crippen LogP contribution in [0.2, 0.25) is 0 Å². The number of benzene rings is 2. The number of methoxy groups -OCH3 is 1. The zero-order chi connectivity index (χ0) is 22.7. The Labute approximate surface area is 184 Å². The van der Waals surface area contributed by atoms with Crippen molar-refractivity contribution < 1.29 is 9.53 Å². The number of carbonyl (C=O) groups excluding carboxylic acids is 1. The minimum absolute atomic E-state index is 0.0131. The van der Waals surface area contributed by atoms with Crippen LogP contribution in [0.3, 0.4) is 0 Å². The molecule has 9 nitrogen and oxygen atoms in total. The van der Waals surface area contributed by atoms with Crippen molar-refractivity contribution in [2.75, 3.05) is 13.7 Å². The quantitative estimate of drug-likeness (QED) is 0.411. The SMILES string of the molecule is COc1ccc(C2NNC(C)C2CC(=O)NCCn2c(=O)c(=O)[nH]c3ccccc32)cc1. The monoisotopic (exact) mass is 437 g/mol. The number of H-pyrrole nitrogens is 1. The Morgan fingerprint density at radius 3 is 2.59 bits per heavy atom. The number of nitrogens with one attached hydrogen (secondary N) is 4. The van der Waals surface area contributed by atoms with Crippen molar-refractivity contribution in [3.63, 3.8) is 0 Å². The molecule has 4 N–H and O–H groups in total. The van der Waals surface area contributed by atoms with Crippen molar-refractivity contribution in [1.29, 1.82) is 0 Å². The number of ether oxygens (including phenoxy) is 1. The molecule has 32 heavy (non-hydrogen) atoms. The molecule has 1 aliphatic rings. The Kier molecular flexibility index (Phi) is 6.38. The second-order valence-corrected chi connectivity index (χ2v) is 7.97. The van der Waals surface area contributed by atoms with Gasteiger partial charge in [0.05, 0.1) is 24.2 Å². The van der Waals surface area contributed by atoms with Gasteiger partial charge in [-0.25, -0.2) is 5.43 Å². The van der Waals surface area contributed by atoms with Gasteiger partial charge in [0.25, 0.3) is 0 Å². The van der Waals surface area contributed by atoms with E-state index < -0.39 is 11.1 Å². The van der Waals surface area contributed by atoms with E-state index in [9.17, 15) is 14.4 Å². The van der Waals surface area contributed by atoms with Crippen LogP contribution in [0, 0.1) is 5.92 Å². The molecule has 1 aromatic heterocycles. The molecule has 9 heteroatoms. The minimum Gasteiger partial charge on any atom is -0.497 e. The van der Waals surface area contributed by atoms with Gasteiger partial charge in [-0.15, -0.1) is 0 Å². The average Bonchev–Trinajstić information content (AvgIpc) is 3.16. The summed E-state index contributed by atoms with van der Waals surface area (Å²) in [6, 6.07) is 15.0. The highest BCUT2D eigenvalue weighted by atomic mass is 16.5. The number of carbonyl (C=O) groups is 1. The summed E-state index contributed by atoms with van der Waals surface area (Å²) in [6.07, 6.45) is 0.322. The number of rotatable bonds is 7. The molecule has 0 spiro atoms. The number of hydrazine groups is 1. The maximum Gasteiger partial charge on any atom is 0.316 e. The molecule has 1 amide bonds. The predicted molar refractivity (Wildman–Crippen MR) is 121 cm³/mol. The maximum absolute atomic E-state index is 12.7. The topological polar surface area (TPSA) is 117 Å². The first kappa shape index (κ1) is 21.8. The molecule has 3 atom stereocenters. The molecule has 2 heterocycles. The second kappa shape index (κ2) is 9.37. The normalized spacial score (nSPS) is 20.4. The van der Waals surface area contributed by atoms with E-state index in [4.69, 9.17) is 4.74 Å². The molecule has 0 bridgehead atoms. The predicted octanol–water partition coefficient (Wildman–Crippen LogP) is 1.06. The van der Waals surface area contributed by atoms with Crippen molar-refractivity contribution in [2.45, 2.75) is 32.0 Å². The zero-order valence-corrected chi connectivity index (χ0v) is 18.1. The number of fused-ring (bicyclic) bond motifs is 1. The van der Waals surface area contributed by atoms with Gasteiger partial charge in [0, 0.05) is 31.5 Å². The summed E-state index contributed by atoms with van der Waals surface area (Å²) in [5, 5.41) is 2.89. The van der Waals surface area contributed by atoms with Gasteiger partial charge in [-0.05, 0) is 36.8 Å². The van der Waals surface area contributed by atoms with Crippen LogP contribution in [0.4, 0.5) is 0 Å². The smallest absolute Gasteiger partial charge is 0.316 e. The molecular weight excluding hydrogens is 410 g/mol. The summed E-state index contributed by atoms with van der Waals surface area (Å²) in [5.74, 6) is 0.726. The molecule has 1 fully saturated rings. The van der Waals surface area contributed by atoms with Crippen LogP contribution in [0.1, 0.15) is 24.9 Å². The second-order valence-electron chi connectivity index (χ2n) is 7.97. The minimum atomic E-state index is -0.672. The number of nitrogens with zero attached hydrogens (tertiary/aromatic N) is 1. The molecule has 168 valence electrons. The Bertz CT molecular complexity index is 1220. The number of para-hydroxylation sites is 2. The molecule has 0 radical (unpaired) electrons. The van der Waals surface area contributed by atoms with Crippen molar-refractivity contribution in [1.82, 2.24) is 25.7 Å². The van der Waals surface area contributed by atoms with Gasteiger partial charge in [-0.3, -0.25) is 19.8 Å². The largest absolute Gasteiger partial charge is 0.497 e. The zero-order valence-electron chi connectivity index (χ0n) is 18.1. The fourth-order valence-electron chi connectivity index (χ4n) is 4.20. The van der Waals surface area contributed by atoms with Gasteiger partial charge in [-0.1, -0.05) is 24.3 Å². The van der Waals surface area contributed by atoms with E-state index in [1.807, 2.05) is 31.2 Å². The fraction of sp³-hybridized carbons (Fsp3) is 0.348. The number of hydrogen-bond acceptors (Lipinski definition) is 6. The number of hydrogen-bond donors (Lipinski definition) is 4. The Balaban J connectivity index is 1.40. The van der Waals surface area contributed by atoms with E-state index in [2.05, 4.69) is 21.2 Å². The van der Waals surface area contributed by atoms with Crippen molar-refractivity contribution >= 4 is 16.9 Å². The molecule has 3 aromatic rings. The van der Waals surface area contributed by atoms with Crippen LogP contribution in [-0.4, -0.2) is 35.2 Å². The lowest BCUT2D eigenvalue weighted by molar-refractivity contribution is -0.122. The third-order valence-corrected chi connectivity index (χ3v) is 5.97. The number of amides is 1. The third-order valence-electron chi connectivity index (χ3n) is 5.97. The summed E-state index contributed by atoms with van der Waals surface area (Å²) < 4.78 is 6.62. The van der Waals surface area contributed by atoms with E-state index >= 15 is 0 Å². The molecule has 2 aromatic carbocycles. The standard InChI is InChI=1S/C23H27N5O4/c1-14-17(21(27-26-14)15-7-9-16(32-2)10-8-15)13-20(29)24-11-12-28-19-6-4-3-5-18(19)25-22(30)23(28)31/h3-10,14,17,21,26-27H,11-13H2,1-2H3,(H,24,29)(H,25,30). The fourth-order valence-corrected chi connectivity index (χ4v) is 4.20. The van der Waals surface area contributed by atoms with Crippen LogP contribution in [0.5, 0.6) is 5.75 Å². The van der Waals surface area contributed by atoms with Gasteiger partial charge >= 0.3 is 11.1 Å². The van der Waals surface area contributed by atoms with Gasteiger partial charge < -0.3 is 19.6 Å². The summed E-state index contributed by atoms with van der Waals surface area (Å²) in [7, 11) is 1.63. The lowest BCUT2D eigenvalue weighted by Crippen LogP contribution is -2.39. The van der Waals surface area contributed by atoms with E-state index in [1.165, 1.54) is 4.57 Å². The van der Waals surface area contributed by atoms with Crippen LogP contribution >= 0.6 is 0 Å². The number of aromatic amines is 1. The lowest BCUT2D eigenvalue weighted by atomic mass is 9.87. The van der Waals surface area contributed by atoms with E-state index in [-0.39, 0.29) is 37.0 Å². The summed E-state index contributed by atoms with van der Waals surface area (Å²) in [6.45, 7) is 2.51. The van der Waals surface area contributed by atoms with Gasteiger partial charge in [0.2, 0.25) is 5.91 Å². The van der Waals surface area contributed by atoms with E-state index in [1.54, 1.807) is 31.4 Å². The van der Waals surface area contributed by atoms with E-state index in [0.29, 0.717) is 17.5 Å². The molecule has 0 aliphatic carbocycles. The Hall–Kier alpha value is -3.43. The highest BCUT2D eigenvalue weighted by molar-refractivity contribution is 5.76. The third kappa shape index (κ3) is 4.44. The summed E-state index contributed by atoms with van der Waals surface area (Å²) >= 11 is 0. The Morgan fingerprint density at radius 1 is 1.09 bits per heavy atom. The number of aromatic nitrogens is 2. The first-order valence-electron chi connectivity index (χ1n) is 10.6.